The summed E-state index contributed by atoms with van der Waals surface area (Å²) < 4.78 is 28.2. The summed E-state index contributed by atoms with van der Waals surface area (Å²) in [6, 6.07) is 10.5. The van der Waals surface area contributed by atoms with Gasteiger partial charge in [-0.25, -0.2) is 8.42 Å². The summed E-state index contributed by atoms with van der Waals surface area (Å²) in [5, 5.41) is 9.16. The second-order valence-corrected chi connectivity index (χ2v) is 7.18. The first kappa shape index (κ1) is 14.4. The lowest BCUT2D eigenvalue weighted by Crippen LogP contribution is -2.13. The molecule has 0 atom stereocenters. The number of aromatic hydroxyl groups is 1. The highest BCUT2D eigenvalue weighted by molar-refractivity contribution is 9.11. The Hall–Kier alpha value is -1.05. The van der Waals surface area contributed by atoms with Crippen LogP contribution in [0.1, 0.15) is 0 Å². The van der Waals surface area contributed by atoms with Gasteiger partial charge in [-0.2, -0.15) is 0 Å². The lowest BCUT2D eigenvalue weighted by molar-refractivity contribution is 0.475. The molecule has 0 saturated carbocycles. The van der Waals surface area contributed by atoms with Gasteiger partial charge in [0.15, 0.2) is 0 Å². The van der Waals surface area contributed by atoms with E-state index in [2.05, 4.69) is 36.6 Å². The van der Waals surface area contributed by atoms with Crippen molar-refractivity contribution in [2.45, 2.75) is 4.90 Å². The van der Waals surface area contributed by atoms with E-state index < -0.39 is 10.0 Å². The highest BCUT2D eigenvalue weighted by Gasteiger charge is 2.15. The molecule has 0 aliphatic heterocycles. The fourth-order valence-electron chi connectivity index (χ4n) is 1.40. The van der Waals surface area contributed by atoms with E-state index in [1.165, 1.54) is 24.3 Å². The van der Waals surface area contributed by atoms with E-state index in [1.54, 1.807) is 18.2 Å². The van der Waals surface area contributed by atoms with Crippen LogP contribution < -0.4 is 4.72 Å². The van der Waals surface area contributed by atoms with E-state index >= 15 is 0 Å². The molecule has 0 unspecified atom stereocenters. The summed E-state index contributed by atoms with van der Waals surface area (Å²) in [6.07, 6.45) is 0. The lowest BCUT2D eigenvalue weighted by atomic mass is 10.3. The maximum Gasteiger partial charge on any atom is 0.261 e. The van der Waals surface area contributed by atoms with Crippen molar-refractivity contribution in [3.8, 4) is 5.75 Å². The van der Waals surface area contributed by atoms with Gasteiger partial charge >= 0.3 is 0 Å². The van der Waals surface area contributed by atoms with Crippen LogP contribution in [-0.4, -0.2) is 13.5 Å². The summed E-state index contributed by atoms with van der Waals surface area (Å²) in [4.78, 5) is 0.0807. The van der Waals surface area contributed by atoms with Gasteiger partial charge in [-0.3, -0.25) is 4.72 Å². The summed E-state index contributed by atoms with van der Waals surface area (Å²) in [6.45, 7) is 0. The van der Waals surface area contributed by atoms with Gasteiger partial charge in [-0.05, 0) is 58.4 Å². The number of phenolic OH excluding ortho intramolecular Hbond substituents is 1. The van der Waals surface area contributed by atoms with Crippen LogP contribution >= 0.6 is 31.9 Å². The molecule has 2 rings (SSSR count). The quantitative estimate of drug-likeness (QED) is 0.816. The van der Waals surface area contributed by atoms with Crippen molar-refractivity contribution in [3.05, 3.63) is 51.4 Å². The first-order valence-electron chi connectivity index (χ1n) is 5.15. The zero-order valence-electron chi connectivity index (χ0n) is 9.47. The van der Waals surface area contributed by atoms with Crippen molar-refractivity contribution < 1.29 is 13.5 Å². The van der Waals surface area contributed by atoms with Crippen LogP contribution in [0.25, 0.3) is 0 Å². The van der Waals surface area contributed by atoms with E-state index in [4.69, 9.17) is 5.11 Å². The van der Waals surface area contributed by atoms with Gasteiger partial charge in [-0.1, -0.05) is 15.9 Å². The van der Waals surface area contributed by atoms with Crippen LogP contribution in [-0.2, 0) is 10.0 Å². The van der Waals surface area contributed by atoms with Crippen molar-refractivity contribution in [1.29, 1.82) is 0 Å². The summed E-state index contributed by atoms with van der Waals surface area (Å²) >= 11 is 6.56. The second-order valence-electron chi connectivity index (χ2n) is 3.72. The molecule has 0 radical (unpaired) electrons. The van der Waals surface area contributed by atoms with E-state index in [0.717, 1.165) is 4.47 Å². The van der Waals surface area contributed by atoms with E-state index in [-0.39, 0.29) is 10.6 Å². The molecule has 0 bridgehead atoms. The smallest absolute Gasteiger partial charge is 0.261 e. The average molecular weight is 407 g/mol. The monoisotopic (exact) mass is 405 g/mol. The topological polar surface area (TPSA) is 66.4 Å². The zero-order chi connectivity index (χ0) is 14.0. The SMILES string of the molecule is O=S(=O)(Nc1cc(Br)ccc1Br)c1ccc(O)cc1. The fourth-order valence-corrected chi connectivity index (χ4v) is 3.31. The minimum atomic E-state index is -3.68. The third-order valence-corrected chi connectivity index (χ3v) is 4.89. The van der Waals surface area contributed by atoms with Crippen LogP contribution in [0.5, 0.6) is 5.75 Å². The van der Waals surface area contributed by atoms with Gasteiger partial charge < -0.3 is 5.11 Å². The molecule has 19 heavy (non-hydrogen) atoms. The molecule has 0 spiro atoms. The van der Waals surface area contributed by atoms with Crippen molar-refractivity contribution in [2.75, 3.05) is 4.72 Å². The van der Waals surface area contributed by atoms with Crippen molar-refractivity contribution in [1.82, 2.24) is 0 Å². The Morgan fingerprint density at radius 3 is 2.26 bits per heavy atom. The predicted molar refractivity (Wildman–Crippen MR) is 80.8 cm³/mol. The van der Waals surface area contributed by atoms with Gasteiger partial charge in [0.2, 0.25) is 0 Å². The minimum absolute atomic E-state index is 0.0163. The van der Waals surface area contributed by atoms with Crippen LogP contribution in [0.4, 0.5) is 5.69 Å². The Balaban J connectivity index is 2.36. The molecule has 0 amide bonds. The lowest BCUT2D eigenvalue weighted by Gasteiger charge is -2.10. The first-order valence-corrected chi connectivity index (χ1v) is 8.22. The maximum absolute atomic E-state index is 12.1. The number of rotatable bonds is 3. The second kappa shape index (κ2) is 5.52. The summed E-state index contributed by atoms with van der Waals surface area (Å²) in [5.41, 5.74) is 0.433. The number of hydrogen-bond donors (Lipinski definition) is 2. The number of phenols is 1. The van der Waals surface area contributed by atoms with Gasteiger partial charge in [-0.15, -0.1) is 0 Å². The van der Waals surface area contributed by atoms with E-state index in [1.807, 2.05) is 0 Å². The zero-order valence-corrected chi connectivity index (χ0v) is 13.5. The molecule has 7 heteroatoms. The highest BCUT2D eigenvalue weighted by atomic mass is 79.9. The molecule has 0 heterocycles. The molecule has 100 valence electrons. The van der Waals surface area contributed by atoms with Crippen LogP contribution in [0.15, 0.2) is 56.3 Å². The number of hydrogen-bond acceptors (Lipinski definition) is 3. The third kappa shape index (κ3) is 3.49. The van der Waals surface area contributed by atoms with Gasteiger partial charge in [0.1, 0.15) is 5.75 Å². The molecule has 2 N–H and O–H groups in total. The Labute approximate surface area is 127 Å². The maximum atomic E-state index is 12.1. The molecular weight excluding hydrogens is 398 g/mol. The minimum Gasteiger partial charge on any atom is -0.508 e. The number of benzene rings is 2. The molecule has 4 nitrogen and oxygen atoms in total. The molecule has 0 aliphatic rings. The average Bonchev–Trinajstić information content (AvgIpc) is 2.34. The number of anilines is 1. The molecule has 2 aromatic rings. The molecule has 0 aromatic heterocycles. The predicted octanol–water partition coefficient (Wildman–Crippen LogP) is 3.72. The molecule has 0 fully saturated rings. The van der Waals surface area contributed by atoms with Crippen molar-refractivity contribution in [2.24, 2.45) is 0 Å². The Morgan fingerprint density at radius 2 is 1.63 bits per heavy atom. The number of sulfonamides is 1. The van der Waals surface area contributed by atoms with E-state index in [9.17, 15) is 8.42 Å². The fraction of sp³-hybridized carbons (Fsp3) is 0. The molecular formula is C12H9Br2NO3S. The first-order chi connectivity index (χ1) is 8.88. The van der Waals surface area contributed by atoms with Crippen LogP contribution in [0.3, 0.4) is 0 Å². The summed E-state index contributed by atoms with van der Waals surface area (Å²) in [5.74, 6) is 0.0163. The van der Waals surface area contributed by atoms with Gasteiger partial charge in [0, 0.05) is 8.95 Å². The Bertz CT molecular complexity index is 699. The standard InChI is InChI=1S/C12H9Br2NO3S/c13-8-1-6-11(14)12(7-8)15-19(17,18)10-4-2-9(16)3-5-10/h1-7,15-16H. The third-order valence-electron chi connectivity index (χ3n) is 2.32. The Morgan fingerprint density at radius 1 is 1.00 bits per heavy atom. The van der Waals surface area contributed by atoms with Crippen molar-refractivity contribution >= 4 is 47.6 Å². The molecule has 0 aliphatic carbocycles. The van der Waals surface area contributed by atoms with Crippen LogP contribution in [0, 0.1) is 0 Å². The number of nitrogens with one attached hydrogen (secondary N) is 1. The van der Waals surface area contributed by atoms with E-state index in [0.29, 0.717) is 10.2 Å². The Kier molecular flexibility index (Phi) is 4.17. The van der Waals surface area contributed by atoms with Crippen molar-refractivity contribution in [3.63, 3.8) is 0 Å². The molecule has 0 saturated heterocycles. The normalized spacial score (nSPS) is 11.3. The highest BCUT2D eigenvalue weighted by Crippen LogP contribution is 2.28. The van der Waals surface area contributed by atoms with Crippen LogP contribution in [0.2, 0.25) is 0 Å². The number of halogens is 2. The summed E-state index contributed by atoms with van der Waals surface area (Å²) in [7, 11) is -3.68. The van der Waals surface area contributed by atoms with Gasteiger partial charge in [0.05, 0.1) is 10.6 Å². The molecule has 2 aromatic carbocycles. The van der Waals surface area contributed by atoms with Gasteiger partial charge in [0.25, 0.3) is 10.0 Å². The largest absolute Gasteiger partial charge is 0.508 e.